The fraction of sp³-hybridized carbons (Fsp3) is 0.0714. The number of nitrogens with two attached hydrogens (primary N) is 1. The van der Waals surface area contributed by atoms with Gasteiger partial charge in [0, 0.05) is 0 Å². The van der Waals surface area contributed by atoms with Gasteiger partial charge in [-0.15, -0.1) is 0 Å². The average Bonchev–Trinajstić information content (AvgIpc) is 3.40. The lowest BCUT2D eigenvalue weighted by molar-refractivity contribution is -0.402. The van der Waals surface area contributed by atoms with Crippen LogP contribution in [0.5, 0.6) is 0 Å². The van der Waals surface area contributed by atoms with Gasteiger partial charge in [0.2, 0.25) is 5.91 Å². The molecule has 0 aliphatic carbocycles. The molecule has 2 aromatic rings. The van der Waals surface area contributed by atoms with Gasteiger partial charge in [-0.2, -0.15) is 10.2 Å². The van der Waals surface area contributed by atoms with E-state index in [1.54, 1.807) is 0 Å². The first-order valence-corrected chi connectivity index (χ1v) is 7.88. The highest BCUT2D eigenvalue weighted by Crippen LogP contribution is 2.14. The first-order chi connectivity index (χ1) is 14.7. The number of furan rings is 2. The molecule has 31 heavy (non-hydrogen) atoms. The molecule has 0 aromatic carbocycles. The standard InChI is InChI=1S/C8H6N4O5.C6H6N4O4/c13-6-4-11(8(14)10-6)9-3-5-1-2-7(17-5)12(15)16;7-6(11)9-8-3-4-1-2-5(14-4)10(12)13/h1-3H,4H2,(H,10,13,14);1-3H,(H3,7,9,11)/b9-3+;8-3+. The summed E-state index contributed by atoms with van der Waals surface area (Å²) in [6.07, 6.45) is 2.21. The maximum atomic E-state index is 11.1. The molecule has 17 heteroatoms. The Morgan fingerprint density at radius 2 is 1.65 bits per heavy atom. The summed E-state index contributed by atoms with van der Waals surface area (Å²) in [6.45, 7) is -0.182. The molecular weight excluding hydrogens is 424 g/mol. The van der Waals surface area contributed by atoms with E-state index < -0.39 is 39.6 Å². The van der Waals surface area contributed by atoms with Gasteiger partial charge in [0.25, 0.3) is 0 Å². The van der Waals surface area contributed by atoms with Gasteiger partial charge in [0.05, 0.1) is 24.6 Å². The van der Waals surface area contributed by atoms with Crippen LogP contribution in [0, 0.1) is 20.2 Å². The zero-order valence-corrected chi connectivity index (χ0v) is 15.2. The Morgan fingerprint density at radius 1 is 1.10 bits per heavy atom. The van der Waals surface area contributed by atoms with Crippen molar-refractivity contribution in [3.63, 3.8) is 0 Å². The summed E-state index contributed by atoms with van der Waals surface area (Å²) in [6, 6.07) is 3.53. The largest absolute Gasteiger partial charge is 0.433 e. The number of hydrazone groups is 2. The molecule has 4 N–H and O–H groups in total. The highest BCUT2D eigenvalue weighted by molar-refractivity contribution is 6.02. The van der Waals surface area contributed by atoms with E-state index in [-0.39, 0.29) is 18.1 Å². The number of primary amides is 1. The Labute approximate surface area is 170 Å². The molecule has 1 aliphatic heterocycles. The first-order valence-electron chi connectivity index (χ1n) is 7.88. The number of nitro groups is 2. The Hall–Kier alpha value is -5.09. The lowest BCUT2D eigenvalue weighted by Gasteiger charge is -2.02. The van der Waals surface area contributed by atoms with E-state index in [0.29, 0.717) is 0 Å². The summed E-state index contributed by atoms with van der Waals surface area (Å²) < 4.78 is 9.46. The summed E-state index contributed by atoms with van der Waals surface area (Å²) in [7, 11) is 0. The zero-order chi connectivity index (χ0) is 23.0. The van der Waals surface area contributed by atoms with E-state index in [2.05, 4.69) is 14.6 Å². The molecule has 0 bridgehead atoms. The molecule has 0 atom stereocenters. The van der Waals surface area contributed by atoms with Crippen LogP contribution in [-0.2, 0) is 4.79 Å². The monoisotopic (exact) mass is 436 g/mol. The van der Waals surface area contributed by atoms with Crippen molar-refractivity contribution >= 4 is 42.2 Å². The third kappa shape index (κ3) is 6.78. The normalized spacial score (nSPS) is 13.2. The van der Waals surface area contributed by atoms with Crippen LogP contribution in [0.2, 0.25) is 0 Å². The number of urea groups is 2. The quantitative estimate of drug-likeness (QED) is 0.243. The molecule has 5 amide bonds. The SMILES string of the molecule is NC(=O)N/N=C/c1ccc([N+](=O)[O-])o1.O=C1CN(/N=C/c2ccc([N+](=O)[O-])o2)C(=O)N1. The van der Waals surface area contributed by atoms with E-state index >= 15 is 0 Å². The number of carbonyl (C=O) groups excluding carboxylic acids is 3. The minimum atomic E-state index is -0.831. The van der Waals surface area contributed by atoms with Crippen LogP contribution in [0.4, 0.5) is 21.4 Å². The van der Waals surface area contributed by atoms with Crippen LogP contribution in [-0.4, -0.2) is 51.8 Å². The Balaban J connectivity index is 0.000000225. The molecule has 0 saturated carbocycles. The van der Waals surface area contributed by atoms with Crippen LogP contribution in [0.1, 0.15) is 11.5 Å². The van der Waals surface area contributed by atoms with Gasteiger partial charge in [0.15, 0.2) is 11.5 Å². The summed E-state index contributed by atoms with van der Waals surface area (Å²) in [4.78, 5) is 51.1. The molecule has 17 nitrogen and oxygen atoms in total. The van der Waals surface area contributed by atoms with Crippen LogP contribution < -0.4 is 16.5 Å². The number of hydrogen-bond donors (Lipinski definition) is 3. The lowest BCUT2D eigenvalue weighted by atomic mass is 10.5. The third-order valence-electron chi connectivity index (χ3n) is 3.05. The van der Waals surface area contributed by atoms with Crippen molar-refractivity contribution in [1.29, 1.82) is 0 Å². The van der Waals surface area contributed by atoms with Crippen LogP contribution in [0.3, 0.4) is 0 Å². The van der Waals surface area contributed by atoms with Gasteiger partial charge >= 0.3 is 23.8 Å². The van der Waals surface area contributed by atoms with Gasteiger partial charge in [-0.3, -0.25) is 30.3 Å². The average molecular weight is 436 g/mol. The number of carbonyl (C=O) groups is 3. The van der Waals surface area contributed by atoms with E-state index in [1.807, 2.05) is 10.7 Å². The molecule has 3 rings (SSSR count). The second kappa shape index (κ2) is 9.91. The van der Waals surface area contributed by atoms with E-state index in [1.165, 1.54) is 18.2 Å². The maximum Gasteiger partial charge on any atom is 0.433 e. The fourth-order valence-corrected chi connectivity index (χ4v) is 1.83. The Kier molecular flexibility index (Phi) is 7.10. The van der Waals surface area contributed by atoms with Crippen molar-refractivity contribution in [2.45, 2.75) is 0 Å². The molecule has 1 fully saturated rings. The molecule has 0 spiro atoms. The summed E-state index contributed by atoms with van der Waals surface area (Å²) in [5.41, 5.74) is 6.62. The van der Waals surface area contributed by atoms with Crippen molar-refractivity contribution in [1.82, 2.24) is 15.8 Å². The molecule has 3 heterocycles. The van der Waals surface area contributed by atoms with Crippen molar-refractivity contribution < 1.29 is 33.1 Å². The van der Waals surface area contributed by atoms with Gasteiger partial charge in [-0.05, 0) is 12.1 Å². The topological polar surface area (TPSA) is 242 Å². The fourth-order valence-electron chi connectivity index (χ4n) is 1.83. The molecule has 162 valence electrons. The predicted octanol–water partition coefficient (Wildman–Crippen LogP) is 0.263. The second-order valence-electron chi connectivity index (χ2n) is 5.26. The smallest absolute Gasteiger partial charge is 0.400 e. The molecular formula is C14H12N8O9. The molecule has 1 saturated heterocycles. The maximum absolute atomic E-state index is 11.1. The van der Waals surface area contributed by atoms with E-state index in [4.69, 9.17) is 10.2 Å². The Morgan fingerprint density at radius 3 is 2.06 bits per heavy atom. The zero-order valence-electron chi connectivity index (χ0n) is 15.2. The van der Waals surface area contributed by atoms with Crippen LogP contribution >= 0.6 is 0 Å². The molecule has 0 unspecified atom stereocenters. The van der Waals surface area contributed by atoms with Gasteiger partial charge < -0.3 is 14.6 Å². The number of rotatable bonds is 6. The predicted molar refractivity (Wildman–Crippen MR) is 98.9 cm³/mol. The minimum absolute atomic E-state index is 0.115. The molecule has 2 aromatic heterocycles. The van der Waals surface area contributed by atoms with Crippen molar-refractivity contribution in [3.8, 4) is 0 Å². The highest BCUT2D eigenvalue weighted by Gasteiger charge is 2.26. The van der Waals surface area contributed by atoms with E-state index in [0.717, 1.165) is 23.5 Å². The third-order valence-corrected chi connectivity index (χ3v) is 3.05. The number of nitrogens with one attached hydrogen (secondary N) is 2. The molecule has 0 radical (unpaired) electrons. The van der Waals surface area contributed by atoms with Crippen molar-refractivity contribution in [2.75, 3.05) is 6.54 Å². The van der Waals surface area contributed by atoms with Gasteiger partial charge in [0.1, 0.15) is 16.4 Å². The van der Waals surface area contributed by atoms with Gasteiger partial charge in [-0.25, -0.2) is 20.0 Å². The van der Waals surface area contributed by atoms with Gasteiger partial charge in [-0.1, -0.05) is 0 Å². The van der Waals surface area contributed by atoms with E-state index in [9.17, 15) is 34.6 Å². The van der Waals surface area contributed by atoms with Crippen LogP contribution in [0.15, 0.2) is 43.3 Å². The molecule has 1 aliphatic rings. The number of amides is 5. The number of hydrogen-bond acceptors (Lipinski definition) is 11. The Bertz CT molecular complexity index is 1070. The minimum Gasteiger partial charge on any atom is -0.400 e. The first kappa shape index (κ1) is 22.2. The second-order valence-corrected chi connectivity index (χ2v) is 5.26. The summed E-state index contributed by atoms with van der Waals surface area (Å²) >= 11 is 0. The van der Waals surface area contributed by atoms with Crippen molar-refractivity contribution in [3.05, 3.63) is 56.0 Å². The van der Waals surface area contributed by atoms with Crippen molar-refractivity contribution in [2.24, 2.45) is 15.9 Å². The van der Waals surface area contributed by atoms with Crippen LogP contribution in [0.25, 0.3) is 0 Å². The number of nitrogens with zero attached hydrogens (tertiary/aromatic N) is 5. The summed E-state index contributed by atoms with van der Waals surface area (Å²) in [5, 5.41) is 30.4. The number of imide groups is 1. The highest BCUT2D eigenvalue weighted by atomic mass is 16.7. The lowest BCUT2D eigenvalue weighted by Crippen LogP contribution is -2.24. The summed E-state index contributed by atoms with van der Waals surface area (Å²) in [5.74, 6) is -1.02.